The average Bonchev–Trinajstić information content (AvgIpc) is 2.47. The van der Waals surface area contributed by atoms with Crippen molar-refractivity contribution in [1.82, 2.24) is 19.8 Å². The Balaban J connectivity index is 1.97. The van der Waals surface area contributed by atoms with Crippen LogP contribution < -0.4 is 9.98 Å². The van der Waals surface area contributed by atoms with Gasteiger partial charge in [0, 0.05) is 5.57 Å². The predicted molar refractivity (Wildman–Crippen MR) is 74.9 cm³/mol. The van der Waals surface area contributed by atoms with Crippen LogP contribution in [0.15, 0.2) is 11.3 Å². The molecule has 19 heavy (non-hydrogen) atoms. The molecule has 6 nitrogen and oxygen atoms in total. The van der Waals surface area contributed by atoms with Gasteiger partial charge in [0.1, 0.15) is 0 Å². The number of methoxy groups -OCH3 is 1. The van der Waals surface area contributed by atoms with Crippen LogP contribution in [0.25, 0.3) is 0 Å². The highest BCUT2D eigenvalue weighted by molar-refractivity contribution is 5.92. The van der Waals surface area contributed by atoms with Crippen LogP contribution in [0.3, 0.4) is 0 Å². The quantitative estimate of drug-likeness (QED) is 0.686. The van der Waals surface area contributed by atoms with Crippen LogP contribution in [0.5, 0.6) is 0 Å². The molecule has 0 aromatic heterocycles. The van der Waals surface area contributed by atoms with Gasteiger partial charge in [-0.25, -0.2) is 19.7 Å². The molecule has 0 atom stereocenters. The summed E-state index contributed by atoms with van der Waals surface area (Å²) in [7, 11) is 1.41. The van der Waals surface area contributed by atoms with Crippen molar-refractivity contribution in [3.05, 3.63) is 11.3 Å². The number of hydrogen-bond donors (Lipinski definition) is 1. The summed E-state index contributed by atoms with van der Waals surface area (Å²) in [5.74, 6) is 0.881. The highest BCUT2D eigenvalue weighted by Gasteiger charge is 2.30. The molecule has 1 fully saturated rings. The lowest BCUT2D eigenvalue weighted by atomic mass is 10.2. The van der Waals surface area contributed by atoms with E-state index in [0.717, 1.165) is 25.5 Å². The van der Waals surface area contributed by atoms with Gasteiger partial charge in [-0.2, -0.15) is 0 Å². The van der Waals surface area contributed by atoms with Crippen LogP contribution in [0, 0.1) is 0 Å². The second-order valence-corrected chi connectivity index (χ2v) is 4.67. The van der Waals surface area contributed by atoms with Crippen LogP contribution in [0.2, 0.25) is 0 Å². The van der Waals surface area contributed by atoms with E-state index >= 15 is 0 Å². The maximum atomic E-state index is 11.4. The lowest BCUT2D eigenvalue weighted by Crippen LogP contribution is -2.54. The summed E-state index contributed by atoms with van der Waals surface area (Å²) in [6.45, 7) is 7.05. The minimum Gasteiger partial charge on any atom is -0.453 e. The first-order valence-electron chi connectivity index (χ1n) is 6.61. The number of hydrogen-bond acceptors (Lipinski definition) is 4. The fraction of sp³-hybridized carbons (Fsp3) is 0.615. The van der Waals surface area contributed by atoms with Crippen LogP contribution >= 0.6 is 0 Å². The molecule has 2 heterocycles. The van der Waals surface area contributed by atoms with Gasteiger partial charge in [-0.3, -0.25) is 0 Å². The number of amides is 1. The van der Waals surface area contributed by atoms with E-state index < -0.39 is 0 Å². The first-order valence-corrected chi connectivity index (χ1v) is 6.61. The maximum absolute atomic E-state index is 11.4. The lowest BCUT2D eigenvalue weighted by molar-refractivity contribution is 0.105. The predicted octanol–water partition coefficient (Wildman–Crippen LogP) is 0.152. The Morgan fingerprint density at radius 1 is 1.42 bits per heavy atom. The Hall–Kier alpha value is -1.94. The Morgan fingerprint density at radius 3 is 2.68 bits per heavy atom. The molecular weight excluding hydrogens is 244 g/mol. The number of piperazine rings is 1. The monoisotopic (exact) mass is 265 g/mol. The summed E-state index contributed by atoms with van der Waals surface area (Å²) < 4.78 is 9.16. The third-order valence-electron chi connectivity index (χ3n) is 3.48. The number of nitrogens with zero attached hydrogens (tertiary/aromatic N) is 3. The van der Waals surface area contributed by atoms with E-state index in [1.807, 2.05) is 6.21 Å². The number of rotatable bonds is 1. The molecule has 1 amide bonds. The third kappa shape index (κ3) is 2.90. The van der Waals surface area contributed by atoms with Crippen molar-refractivity contribution in [2.24, 2.45) is 0 Å². The van der Waals surface area contributed by atoms with Gasteiger partial charge in [-0.15, -0.1) is 0 Å². The average molecular weight is 265 g/mol. The first-order chi connectivity index (χ1) is 9.15. The zero-order valence-corrected chi connectivity index (χ0v) is 11.8. The number of carbonyl (C=O) groups is 1. The highest BCUT2D eigenvalue weighted by Crippen LogP contribution is 2.08. The van der Waals surface area contributed by atoms with Crippen LogP contribution in [-0.2, 0) is 4.74 Å². The van der Waals surface area contributed by atoms with Crippen molar-refractivity contribution < 1.29 is 9.53 Å². The van der Waals surface area contributed by atoms with Gasteiger partial charge in [-0.05, 0) is 13.3 Å². The summed E-state index contributed by atoms with van der Waals surface area (Å²) in [4.78, 5) is 15.3. The van der Waals surface area contributed by atoms with E-state index in [-0.39, 0.29) is 6.09 Å². The summed E-state index contributed by atoms with van der Waals surface area (Å²) >= 11 is 0. The van der Waals surface area contributed by atoms with Crippen LogP contribution in [-0.4, -0.2) is 61.4 Å². The van der Waals surface area contributed by atoms with Crippen molar-refractivity contribution in [3.63, 3.8) is 0 Å². The van der Waals surface area contributed by atoms with Gasteiger partial charge >= 0.3 is 12.1 Å². The number of carbonyl (C=O) groups excluding carboxylic acids is 1. The number of allylic oxidation sites excluding steroid dienone is 2. The Labute approximate surface area is 113 Å². The third-order valence-corrected chi connectivity index (χ3v) is 3.48. The van der Waals surface area contributed by atoms with Crippen molar-refractivity contribution in [2.45, 2.75) is 20.3 Å². The number of nitrogens with one attached hydrogen (secondary N) is 1. The van der Waals surface area contributed by atoms with Gasteiger partial charge in [-0.1, -0.05) is 6.92 Å². The Bertz CT molecular complexity index is 455. The molecule has 0 aromatic carbocycles. The summed E-state index contributed by atoms with van der Waals surface area (Å²) in [5, 5.41) is 3.37. The SMILES string of the molecule is CCC1=C(C)C=[N+]=C(N2CCN(C(=O)OC)CC2)N1. The van der Waals surface area contributed by atoms with Gasteiger partial charge in [0.15, 0.2) is 6.21 Å². The summed E-state index contributed by atoms with van der Waals surface area (Å²) in [6, 6.07) is 0. The molecule has 2 aliphatic heterocycles. The normalized spacial score (nSPS) is 19.2. The van der Waals surface area contributed by atoms with Crippen molar-refractivity contribution in [2.75, 3.05) is 33.3 Å². The first kappa shape index (κ1) is 13.5. The molecule has 0 aliphatic carbocycles. The Kier molecular flexibility index (Phi) is 4.12. The molecule has 0 saturated carbocycles. The van der Waals surface area contributed by atoms with Crippen molar-refractivity contribution in [1.29, 1.82) is 0 Å². The molecule has 2 rings (SSSR count). The van der Waals surface area contributed by atoms with E-state index in [0.29, 0.717) is 13.1 Å². The van der Waals surface area contributed by atoms with Gasteiger partial charge in [0.05, 0.1) is 39.0 Å². The molecule has 0 spiro atoms. The molecule has 6 heteroatoms. The molecule has 1 N–H and O–H groups in total. The van der Waals surface area contributed by atoms with E-state index in [9.17, 15) is 4.79 Å². The molecule has 0 radical (unpaired) electrons. The Morgan fingerprint density at radius 2 is 2.11 bits per heavy atom. The molecular formula is C13H21N4O2+. The van der Waals surface area contributed by atoms with Gasteiger partial charge in [0.25, 0.3) is 0 Å². The van der Waals surface area contributed by atoms with E-state index in [1.54, 1.807) is 4.90 Å². The smallest absolute Gasteiger partial charge is 0.445 e. The largest absolute Gasteiger partial charge is 0.453 e. The zero-order valence-electron chi connectivity index (χ0n) is 11.8. The maximum Gasteiger partial charge on any atom is 0.445 e. The fourth-order valence-corrected chi connectivity index (χ4v) is 2.26. The van der Waals surface area contributed by atoms with Crippen molar-refractivity contribution in [3.8, 4) is 0 Å². The molecule has 0 bridgehead atoms. The molecule has 0 unspecified atom stereocenters. The lowest BCUT2D eigenvalue weighted by Gasteiger charge is -2.30. The second kappa shape index (κ2) is 5.80. The number of ether oxygens (including phenoxy) is 1. The van der Waals surface area contributed by atoms with Crippen LogP contribution in [0.1, 0.15) is 20.3 Å². The molecule has 0 aromatic rings. The molecule has 104 valence electrons. The van der Waals surface area contributed by atoms with E-state index in [4.69, 9.17) is 4.74 Å². The highest BCUT2D eigenvalue weighted by atomic mass is 16.5. The topological polar surface area (TPSA) is 58.9 Å². The second-order valence-electron chi connectivity index (χ2n) is 4.67. The van der Waals surface area contributed by atoms with E-state index in [2.05, 4.69) is 28.7 Å². The summed E-state index contributed by atoms with van der Waals surface area (Å²) in [6.07, 6.45) is 2.61. The van der Waals surface area contributed by atoms with Gasteiger partial charge in [0.2, 0.25) is 0 Å². The van der Waals surface area contributed by atoms with Crippen LogP contribution in [0.4, 0.5) is 4.79 Å². The standard InChI is InChI=1S/C13H20N4O2/c1-4-11-10(2)9-14-12(15-11)16-5-7-17(8-6-16)13(18)19-3/h9H,4-8H2,1-3H3/p+1. The van der Waals surface area contributed by atoms with E-state index in [1.165, 1.54) is 18.4 Å². The minimum absolute atomic E-state index is 0.255. The summed E-state index contributed by atoms with van der Waals surface area (Å²) in [5.41, 5.74) is 2.39. The minimum atomic E-state index is -0.255. The fourth-order valence-electron chi connectivity index (χ4n) is 2.26. The number of guanidine groups is 1. The molecule has 1 saturated heterocycles. The zero-order chi connectivity index (χ0) is 13.8. The molecule has 2 aliphatic rings. The van der Waals surface area contributed by atoms with Gasteiger partial charge < -0.3 is 9.64 Å². The van der Waals surface area contributed by atoms with Crippen molar-refractivity contribution >= 4 is 18.3 Å².